The van der Waals surface area contributed by atoms with E-state index in [1.165, 1.54) is 44.2 Å². The number of aliphatic hydroxyl groups is 1. The zero-order valence-electron chi connectivity index (χ0n) is 11.3. The number of halogens is 1. The quantitative estimate of drug-likeness (QED) is 0.885. The monoisotopic (exact) mass is 323 g/mol. The molecule has 2 fully saturated rings. The van der Waals surface area contributed by atoms with Crippen molar-refractivity contribution < 1.29 is 5.11 Å². The third-order valence-corrected chi connectivity index (χ3v) is 5.26. The van der Waals surface area contributed by atoms with Gasteiger partial charge in [0.25, 0.3) is 0 Å². The Morgan fingerprint density at radius 1 is 1.16 bits per heavy atom. The van der Waals surface area contributed by atoms with Crippen molar-refractivity contribution in [1.29, 1.82) is 0 Å². The van der Waals surface area contributed by atoms with Gasteiger partial charge in [0, 0.05) is 28.3 Å². The maximum absolute atomic E-state index is 9.59. The van der Waals surface area contributed by atoms with Crippen molar-refractivity contribution in [2.45, 2.75) is 51.2 Å². The number of benzene rings is 1. The summed E-state index contributed by atoms with van der Waals surface area (Å²) < 4.78 is 1.11. The molecule has 0 bridgehead atoms. The first kappa shape index (κ1) is 13.4. The van der Waals surface area contributed by atoms with Gasteiger partial charge in [0.05, 0.1) is 6.61 Å². The summed E-state index contributed by atoms with van der Waals surface area (Å²) in [5.41, 5.74) is 2.31. The molecule has 104 valence electrons. The first-order valence-corrected chi connectivity index (χ1v) is 8.25. The Hall–Kier alpha value is -0.540. The third kappa shape index (κ3) is 2.68. The number of fused-ring (bicyclic) bond motifs is 1. The normalized spacial score (nSPS) is 27.2. The molecule has 2 aliphatic rings. The average Bonchev–Trinajstić information content (AvgIpc) is 2.46. The molecule has 2 unspecified atom stereocenters. The van der Waals surface area contributed by atoms with Gasteiger partial charge in [0.1, 0.15) is 0 Å². The molecule has 1 aromatic rings. The van der Waals surface area contributed by atoms with Gasteiger partial charge in [-0.3, -0.25) is 0 Å². The van der Waals surface area contributed by atoms with Gasteiger partial charge in [-0.2, -0.15) is 0 Å². The number of piperidine rings is 1. The minimum absolute atomic E-state index is 0.135. The number of aliphatic hydroxyl groups excluding tert-OH is 1. The lowest BCUT2D eigenvalue weighted by molar-refractivity contribution is 0.241. The lowest BCUT2D eigenvalue weighted by Gasteiger charge is -2.46. The molecule has 1 aliphatic heterocycles. The van der Waals surface area contributed by atoms with Crippen molar-refractivity contribution in [3.05, 3.63) is 28.2 Å². The van der Waals surface area contributed by atoms with Gasteiger partial charge in [0.15, 0.2) is 0 Å². The van der Waals surface area contributed by atoms with E-state index in [4.69, 9.17) is 0 Å². The number of anilines is 1. The third-order valence-electron chi connectivity index (χ3n) is 4.77. The van der Waals surface area contributed by atoms with Crippen LogP contribution in [0.3, 0.4) is 0 Å². The smallest absolute Gasteiger partial charge is 0.0702 e. The fraction of sp³-hybridized carbons (Fsp3) is 0.625. The van der Waals surface area contributed by atoms with E-state index < -0.39 is 0 Å². The zero-order chi connectivity index (χ0) is 13.2. The van der Waals surface area contributed by atoms with Crippen molar-refractivity contribution in [1.82, 2.24) is 0 Å². The summed E-state index contributed by atoms with van der Waals surface area (Å²) in [6.45, 7) is 1.28. The second-order valence-corrected chi connectivity index (χ2v) is 6.79. The van der Waals surface area contributed by atoms with Gasteiger partial charge in [-0.05, 0) is 43.7 Å². The van der Waals surface area contributed by atoms with Gasteiger partial charge in [0.2, 0.25) is 0 Å². The van der Waals surface area contributed by atoms with Crippen LogP contribution in [0.15, 0.2) is 22.7 Å². The molecule has 3 heteroatoms. The summed E-state index contributed by atoms with van der Waals surface area (Å²) in [6.07, 6.45) is 8.16. The molecular formula is C16H22BrNO. The van der Waals surface area contributed by atoms with E-state index in [0.29, 0.717) is 6.04 Å². The van der Waals surface area contributed by atoms with Gasteiger partial charge in [-0.15, -0.1) is 0 Å². The van der Waals surface area contributed by atoms with E-state index in [1.54, 1.807) is 0 Å². The summed E-state index contributed by atoms with van der Waals surface area (Å²) >= 11 is 3.57. The maximum Gasteiger partial charge on any atom is 0.0702 e. The summed E-state index contributed by atoms with van der Waals surface area (Å²) in [4.78, 5) is 2.57. The molecule has 0 spiro atoms. The maximum atomic E-state index is 9.59. The molecule has 0 radical (unpaired) electrons. The molecular weight excluding hydrogens is 302 g/mol. The Balaban J connectivity index is 1.93. The Bertz CT molecular complexity index is 446. The van der Waals surface area contributed by atoms with Crippen LogP contribution in [-0.2, 0) is 6.61 Å². The van der Waals surface area contributed by atoms with Crippen LogP contribution in [-0.4, -0.2) is 17.7 Å². The van der Waals surface area contributed by atoms with Crippen LogP contribution in [0.4, 0.5) is 5.69 Å². The lowest BCUT2D eigenvalue weighted by Crippen LogP contribution is -2.47. The van der Waals surface area contributed by atoms with Crippen LogP contribution in [0.5, 0.6) is 0 Å². The predicted octanol–water partition coefficient (Wildman–Crippen LogP) is 4.10. The van der Waals surface area contributed by atoms with E-state index in [1.807, 2.05) is 12.1 Å². The van der Waals surface area contributed by atoms with Crippen LogP contribution in [0.25, 0.3) is 0 Å². The van der Waals surface area contributed by atoms with Gasteiger partial charge in [-0.1, -0.05) is 34.8 Å². The highest BCUT2D eigenvalue weighted by Gasteiger charge is 2.33. The number of rotatable bonds is 2. The van der Waals surface area contributed by atoms with E-state index in [2.05, 4.69) is 26.9 Å². The highest BCUT2D eigenvalue weighted by Crippen LogP contribution is 2.39. The molecule has 1 N–H and O–H groups in total. The van der Waals surface area contributed by atoms with E-state index in [9.17, 15) is 5.11 Å². The predicted molar refractivity (Wildman–Crippen MR) is 82.4 cm³/mol. The second kappa shape index (κ2) is 5.84. The molecule has 0 aromatic heterocycles. The number of nitrogens with zero attached hydrogens (tertiary/aromatic N) is 1. The Morgan fingerprint density at radius 2 is 1.95 bits per heavy atom. The zero-order valence-corrected chi connectivity index (χ0v) is 12.9. The van der Waals surface area contributed by atoms with Crippen molar-refractivity contribution >= 4 is 21.6 Å². The first-order valence-electron chi connectivity index (χ1n) is 7.45. The topological polar surface area (TPSA) is 23.5 Å². The van der Waals surface area contributed by atoms with Crippen molar-refractivity contribution in [3.63, 3.8) is 0 Å². The SMILES string of the molecule is OCc1ccc(Br)cc1N1CCCC2CCCCC21. The molecule has 3 rings (SSSR count). The Kier molecular flexibility index (Phi) is 4.13. The van der Waals surface area contributed by atoms with Crippen LogP contribution in [0.2, 0.25) is 0 Å². The lowest BCUT2D eigenvalue weighted by atomic mass is 9.78. The number of hydrogen-bond donors (Lipinski definition) is 1. The fourth-order valence-electron chi connectivity index (χ4n) is 3.86. The van der Waals surface area contributed by atoms with E-state index in [0.717, 1.165) is 22.5 Å². The molecule has 2 atom stereocenters. The molecule has 2 nitrogen and oxygen atoms in total. The standard InChI is InChI=1S/C16H22BrNO/c17-14-8-7-13(11-19)16(10-14)18-9-3-5-12-4-1-2-6-15(12)18/h7-8,10,12,15,19H,1-6,9,11H2. The van der Waals surface area contributed by atoms with Crippen LogP contribution >= 0.6 is 15.9 Å². The highest BCUT2D eigenvalue weighted by molar-refractivity contribution is 9.10. The molecule has 1 saturated carbocycles. The minimum Gasteiger partial charge on any atom is -0.392 e. The molecule has 19 heavy (non-hydrogen) atoms. The summed E-state index contributed by atoms with van der Waals surface area (Å²) in [5, 5.41) is 9.59. The second-order valence-electron chi connectivity index (χ2n) is 5.88. The van der Waals surface area contributed by atoms with Crippen LogP contribution in [0.1, 0.15) is 44.1 Å². The van der Waals surface area contributed by atoms with E-state index in [-0.39, 0.29) is 6.61 Å². The largest absolute Gasteiger partial charge is 0.392 e. The average molecular weight is 324 g/mol. The van der Waals surface area contributed by atoms with Gasteiger partial charge < -0.3 is 10.0 Å². The van der Waals surface area contributed by atoms with Crippen LogP contribution in [0, 0.1) is 5.92 Å². The molecule has 1 aliphatic carbocycles. The summed E-state index contributed by atoms with van der Waals surface area (Å²) in [5.74, 6) is 0.869. The molecule has 0 amide bonds. The van der Waals surface area contributed by atoms with Crippen molar-refractivity contribution in [3.8, 4) is 0 Å². The molecule has 1 heterocycles. The summed E-state index contributed by atoms with van der Waals surface area (Å²) in [6, 6.07) is 6.95. The Labute approximate surface area is 123 Å². The highest BCUT2D eigenvalue weighted by atomic mass is 79.9. The van der Waals surface area contributed by atoms with Crippen molar-refractivity contribution in [2.75, 3.05) is 11.4 Å². The molecule has 1 saturated heterocycles. The first-order chi connectivity index (χ1) is 9.29. The Morgan fingerprint density at radius 3 is 2.79 bits per heavy atom. The van der Waals surface area contributed by atoms with Gasteiger partial charge >= 0.3 is 0 Å². The summed E-state index contributed by atoms with van der Waals surface area (Å²) in [7, 11) is 0. The van der Waals surface area contributed by atoms with Crippen LogP contribution < -0.4 is 4.90 Å². The van der Waals surface area contributed by atoms with Gasteiger partial charge in [-0.25, -0.2) is 0 Å². The van der Waals surface area contributed by atoms with Crippen molar-refractivity contribution in [2.24, 2.45) is 5.92 Å². The van der Waals surface area contributed by atoms with E-state index >= 15 is 0 Å². The molecule has 1 aromatic carbocycles. The number of hydrogen-bond acceptors (Lipinski definition) is 2. The minimum atomic E-state index is 0.135. The fourth-order valence-corrected chi connectivity index (χ4v) is 4.21.